The minimum absolute atomic E-state index is 0.0905. The number of carbonyl (C=O) groups excluding carboxylic acids is 1. The Morgan fingerprint density at radius 3 is 2.62 bits per heavy atom. The number of Topliss-reactive ketones (excluding diaryl/α,β-unsaturated/α-hetero) is 1. The average Bonchev–Trinajstić information content (AvgIpc) is 2.87. The number of rotatable bonds is 4. The molecule has 0 radical (unpaired) electrons. The number of benzene rings is 1. The van der Waals surface area contributed by atoms with Crippen LogP contribution in [0, 0.1) is 23.1 Å². The van der Waals surface area contributed by atoms with Crippen molar-refractivity contribution in [3.05, 3.63) is 35.6 Å². The van der Waals surface area contributed by atoms with Gasteiger partial charge >= 0.3 is 0 Å². The molecule has 1 aromatic carbocycles. The van der Waals surface area contributed by atoms with Gasteiger partial charge in [-0.3, -0.25) is 4.79 Å². The quantitative estimate of drug-likeness (QED) is 0.781. The lowest BCUT2D eigenvalue weighted by Gasteiger charge is -2.27. The van der Waals surface area contributed by atoms with E-state index in [4.69, 9.17) is 0 Å². The van der Waals surface area contributed by atoms with Gasteiger partial charge in [-0.2, -0.15) is 0 Å². The van der Waals surface area contributed by atoms with Crippen molar-refractivity contribution in [2.75, 3.05) is 19.6 Å². The molecule has 0 saturated carbocycles. The number of likely N-dealkylation sites (tertiary alicyclic amines) is 1. The highest BCUT2D eigenvalue weighted by atomic mass is 19.1. The Kier molecular flexibility index (Phi) is 4.82. The predicted molar refractivity (Wildman–Crippen MR) is 83.9 cm³/mol. The Labute approximate surface area is 127 Å². The molecule has 0 aromatic heterocycles. The lowest BCUT2D eigenvalue weighted by Crippen LogP contribution is -2.32. The summed E-state index contributed by atoms with van der Waals surface area (Å²) in [5.41, 5.74) is 0.532. The Balaban J connectivity index is 1.95. The van der Waals surface area contributed by atoms with Gasteiger partial charge in [-0.15, -0.1) is 0 Å². The van der Waals surface area contributed by atoms with Gasteiger partial charge in [0.2, 0.25) is 0 Å². The van der Waals surface area contributed by atoms with Crippen LogP contribution in [0.4, 0.5) is 4.39 Å². The summed E-state index contributed by atoms with van der Waals surface area (Å²) < 4.78 is 13.7. The van der Waals surface area contributed by atoms with Gasteiger partial charge in [-0.25, -0.2) is 4.39 Å². The Bertz CT molecular complexity index is 506. The van der Waals surface area contributed by atoms with Crippen LogP contribution in [0.3, 0.4) is 0 Å². The molecule has 0 aliphatic carbocycles. The molecule has 116 valence electrons. The van der Waals surface area contributed by atoms with Crippen molar-refractivity contribution in [1.82, 2.24) is 4.90 Å². The molecule has 3 heteroatoms. The number of halogens is 1. The molecular formula is C18H26FNO. The highest BCUT2D eigenvalue weighted by molar-refractivity contribution is 5.98. The topological polar surface area (TPSA) is 20.3 Å². The predicted octanol–water partition coefficient (Wildman–Crippen LogP) is 4.01. The van der Waals surface area contributed by atoms with Crippen molar-refractivity contribution in [3.8, 4) is 0 Å². The zero-order valence-electron chi connectivity index (χ0n) is 13.5. The first-order valence-corrected chi connectivity index (χ1v) is 7.80. The van der Waals surface area contributed by atoms with E-state index in [2.05, 4.69) is 25.7 Å². The molecule has 0 bridgehead atoms. The van der Waals surface area contributed by atoms with E-state index in [0.29, 0.717) is 11.3 Å². The summed E-state index contributed by atoms with van der Waals surface area (Å²) in [6.45, 7) is 11.5. The van der Waals surface area contributed by atoms with Crippen LogP contribution < -0.4 is 0 Å². The molecule has 2 rings (SSSR count). The molecule has 1 saturated heterocycles. The molecule has 0 N–H and O–H groups in total. The highest BCUT2D eigenvalue weighted by Gasteiger charge is 2.33. The van der Waals surface area contributed by atoms with E-state index in [1.807, 2.05) is 6.92 Å². The zero-order valence-corrected chi connectivity index (χ0v) is 13.5. The summed E-state index contributed by atoms with van der Waals surface area (Å²) in [6.07, 6.45) is 1.18. The van der Waals surface area contributed by atoms with E-state index in [1.54, 1.807) is 18.2 Å². The standard InChI is InChI=1S/C18H26FNO/c1-13(17(21)15-7-5-6-8-16(15)19)11-20-10-9-14(12-20)18(2,3)4/h5-8,13-14H,9-12H2,1-4H3. The molecule has 2 unspecified atom stereocenters. The second-order valence-corrected chi connectivity index (χ2v) is 7.36. The third-order valence-electron chi connectivity index (χ3n) is 4.62. The Morgan fingerprint density at radius 1 is 1.38 bits per heavy atom. The average molecular weight is 291 g/mol. The highest BCUT2D eigenvalue weighted by Crippen LogP contribution is 2.33. The van der Waals surface area contributed by atoms with E-state index in [9.17, 15) is 9.18 Å². The lowest BCUT2D eigenvalue weighted by atomic mass is 9.80. The molecule has 1 heterocycles. The van der Waals surface area contributed by atoms with E-state index in [0.717, 1.165) is 19.6 Å². The Morgan fingerprint density at radius 2 is 2.05 bits per heavy atom. The van der Waals surface area contributed by atoms with Crippen molar-refractivity contribution >= 4 is 5.78 Å². The summed E-state index contributed by atoms with van der Waals surface area (Å²) in [4.78, 5) is 14.7. The van der Waals surface area contributed by atoms with Crippen molar-refractivity contribution in [2.45, 2.75) is 34.1 Å². The molecule has 1 aliphatic rings. The zero-order chi connectivity index (χ0) is 15.6. The molecule has 0 amide bonds. The number of hydrogen-bond donors (Lipinski definition) is 0. The van der Waals surface area contributed by atoms with Gasteiger partial charge in [0.1, 0.15) is 5.82 Å². The second-order valence-electron chi connectivity index (χ2n) is 7.36. The molecule has 1 fully saturated rings. The van der Waals surface area contributed by atoms with Gasteiger partial charge in [0.05, 0.1) is 5.56 Å². The monoisotopic (exact) mass is 291 g/mol. The van der Waals surface area contributed by atoms with Crippen LogP contribution in [-0.2, 0) is 0 Å². The van der Waals surface area contributed by atoms with Crippen molar-refractivity contribution in [2.24, 2.45) is 17.3 Å². The van der Waals surface area contributed by atoms with Gasteiger partial charge in [0.25, 0.3) is 0 Å². The number of ketones is 1. The van der Waals surface area contributed by atoms with Crippen LogP contribution in [0.2, 0.25) is 0 Å². The lowest BCUT2D eigenvalue weighted by molar-refractivity contribution is 0.0895. The normalized spacial score (nSPS) is 21.5. The molecule has 2 nitrogen and oxygen atoms in total. The smallest absolute Gasteiger partial charge is 0.169 e. The molecule has 2 atom stereocenters. The first-order valence-electron chi connectivity index (χ1n) is 7.80. The summed E-state index contributed by atoms with van der Waals surface area (Å²) in [7, 11) is 0. The van der Waals surface area contributed by atoms with Gasteiger partial charge in [0.15, 0.2) is 5.78 Å². The van der Waals surface area contributed by atoms with Crippen LogP contribution in [0.5, 0.6) is 0 Å². The number of hydrogen-bond acceptors (Lipinski definition) is 2. The largest absolute Gasteiger partial charge is 0.302 e. The fourth-order valence-corrected chi connectivity index (χ4v) is 3.10. The summed E-state index contributed by atoms with van der Waals surface area (Å²) >= 11 is 0. The molecule has 21 heavy (non-hydrogen) atoms. The van der Waals surface area contributed by atoms with Crippen molar-refractivity contribution < 1.29 is 9.18 Å². The maximum atomic E-state index is 13.7. The molecular weight excluding hydrogens is 265 g/mol. The molecule has 1 aromatic rings. The van der Waals surface area contributed by atoms with E-state index in [-0.39, 0.29) is 17.3 Å². The van der Waals surface area contributed by atoms with E-state index < -0.39 is 5.82 Å². The van der Waals surface area contributed by atoms with Crippen LogP contribution in [0.15, 0.2) is 24.3 Å². The minimum Gasteiger partial charge on any atom is -0.302 e. The van der Waals surface area contributed by atoms with Crippen LogP contribution in [0.1, 0.15) is 44.5 Å². The molecule has 1 aliphatic heterocycles. The fourth-order valence-electron chi connectivity index (χ4n) is 3.10. The third kappa shape index (κ3) is 3.91. The maximum absolute atomic E-state index is 13.7. The third-order valence-corrected chi connectivity index (χ3v) is 4.62. The van der Waals surface area contributed by atoms with E-state index in [1.165, 1.54) is 12.5 Å². The van der Waals surface area contributed by atoms with Crippen molar-refractivity contribution in [1.29, 1.82) is 0 Å². The van der Waals surface area contributed by atoms with Gasteiger partial charge < -0.3 is 4.90 Å². The van der Waals surface area contributed by atoms with Crippen molar-refractivity contribution in [3.63, 3.8) is 0 Å². The van der Waals surface area contributed by atoms with Crippen LogP contribution in [0.25, 0.3) is 0 Å². The summed E-state index contributed by atoms with van der Waals surface area (Å²) in [5.74, 6) is 0.00419. The minimum atomic E-state index is -0.414. The van der Waals surface area contributed by atoms with E-state index >= 15 is 0 Å². The number of nitrogens with zero attached hydrogens (tertiary/aromatic N) is 1. The summed E-state index contributed by atoms with van der Waals surface area (Å²) in [6, 6.07) is 6.27. The second kappa shape index (κ2) is 6.27. The van der Waals surface area contributed by atoms with Crippen LogP contribution >= 0.6 is 0 Å². The van der Waals surface area contributed by atoms with Crippen LogP contribution in [-0.4, -0.2) is 30.3 Å². The summed E-state index contributed by atoms with van der Waals surface area (Å²) in [5, 5.41) is 0. The Hall–Kier alpha value is -1.22. The fraction of sp³-hybridized carbons (Fsp3) is 0.611. The number of carbonyl (C=O) groups is 1. The van der Waals surface area contributed by atoms with Gasteiger partial charge in [-0.05, 0) is 36.4 Å². The van der Waals surface area contributed by atoms with Gasteiger partial charge in [-0.1, -0.05) is 39.8 Å². The SMILES string of the molecule is CC(CN1CCC(C(C)(C)C)C1)C(=O)c1ccccc1F. The maximum Gasteiger partial charge on any atom is 0.169 e. The first kappa shape index (κ1) is 16.2. The first-order chi connectivity index (χ1) is 9.79. The molecule has 0 spiro atoms. The van der Waals surface area contributed by atoms with Gasteiger partial charge in [0, 0.05) is 19.0 Å².